The molecule has 0 spiro atoms. The number of rotatable bonds is 4. The number of ketones is 1. The van der Waals surface area contributed by atoms with Crippen LogP contribution in [0, 0.1) is 0 Å². The van der Waals surface area contributed by atoms with Gasteiger partial charge < -0.3 is 5.32 Å². The highest BCUT2D eigenvalue weighted by Crippen LogP contribution is 2.08. The van der Waals surface area contributed by atoms with Crippen molar-refractivity contribution in [3.63, 3.8) is 0 Å². The minimum Gasteiger partial charge on any atom is -0.315 e. The highest BCUT2D eigenvalue weighted by atomic mass is 35.5. The largest absolute Gasteiger partial charge is 0.315 e. The molecule has 0 aromatic carbocycles. The second kappa shape index (κ2) is 7.41. The summed E-state index contributed by atoms with van der Waals surface area (Å²) in [5, 5.41) is 3.35. The topological polar surface area (TPSA) is 58.1 Å². The Bertz CT molecular complexity index is 368. The summed E-state index contributed by atoms with van der Waals surface area (Å²) < 4.78 is 0. The van der Waals surface area contributed by atoms with E-state index < -0.39 is 0 Å². The number of aromatic nitrogens is 2. The Morgan fingerprint density at radius 2 is 2.39 bits per heavy atom. The maximum Gasteiger partial charge on any atom is 0.196 e. The summed E-state index contributed by atoms with van der Waals surface area (Å²) in [5.74, 6) is 0.0335. The van der Waals surface area contributed by atoms with Crippen LogP contribution in [0.1, 0.15) is 23.3 Å². The highest BCUT2D eigenvalue weighted by molar-refractivity contribution is 5.95. The van der Waals surface area contributed by atoms with E-state index in [-0.39, 0.29) is 18.2 Å². The normalized spacial score (nSPS) is 19.3. The average molecular weight is 271 g/mol. The smallest absolute Gasteiger partial charge is 0.196 e. The molecule has 1 aliphatic heterocycles. The van der Waals surface area contributed by atoms with Gasteiger partial charge in [-0.1, -0.05) is 0 Å². The lowest BCUT2D eigenvalue weighted by molar-refractivity contribution is 0.0901. The Balaban J connectivity index is 0.00000162. The number of carbonyl (C=O) groups excluding carboxylic acids is 1. The van der Waals surface area contributed by atoms with Crippen LogP contribution in [0.5, 0.6) is 0 Å². The Morgan fingerprint density at radius 3 is 3.00 bits per heavy atom. The van der Waals surface area contributed by atoms with Crippen LogP contribution in [0.2, 0.25) is 0 Å². The van der Waals surface area contributed by atoms with Crippen molar-refractivity contribution in [3.05, 3.63) is 24.3 Å². The molecule has 1 atom stereocenters. The van der Waals surface area contributed by atoms with Gasteiger partial charge in [-0.2, -0.15) is 0 Å². The Hall–Kier alpha value is -1.04. The fraction of sp³-hybridized carbons (Fsp3) is 0.583. The van der Waals surface area contributed by atoms with E-state index in [0.717, 1.165) is 19.5 Å². The van der Waals surface area contributed by atoms with Crippen molar-refractivity contribution in [2.24, 2.45) is 0 Å². The zero-order valence-corrected chi connectivity index (χ0v) is 11.3. The van der Waals surface area contributed by atoms with Crippen LogP contribution in [-0.2, 0) is 0 Å². The number of nitrogens with zero attached hydrogens (tertiary/aromatic N) is 3. The highest BCUT2D eigenvalue weighted by Gasteiger charge is 2.20. The summed E-state index contributed by atoms with van der Waals surface area (Å²) in [6.45, 7) is 2.46. The second-order valence-corrected chi connectivity index (χ2v) is 4.43. The van der Waals surface area contributed by atoms with Crippen LogP contribution in [0.4, 0.5) is 0 Å². The van der Waals surface area contributed by atoms with Crippen LogP contribution >= 0.6 is 12.4 Å². The van der Waals surface area contributed by atoms with Crippen molar-refractivity contribution in [2.75, 3.05) is 26.7 Å². The van der Waals surface area contributed by atoms with Crippen molar-refractivity contribution in [3.8, 4) is 0 Å². The fourth-order valence-corrected chi connectivity index (χ4v) is 2.09. The van der Waals surface area contributed by atoms with Crippen LogP contribution in [0.3, 0.4) is 0 Å². The first kappa shape index (κ1) is 15.0. The predicted molar refractivity (Wildman–Crippen MR) is 72.1 cm³/mol. The van der Waals surface area contributed by atoms with E-state index >= 15 is 0 Å². The fourth-order valence-electron chi connectivity index (χ4n) is 2.09. The van der Waals surface area contributed by atoms with Gasteiger partial charge in [0.1, 0.15) is 5.69 Å². The number of carbonyl (C=O) groups is 1. The van der Waals surface area contributed by atoms with E-state index in [2.05, 4.69) is 20.2 Å². The first-order chi connectivity index (χ1) is 8.27. The van der Waals surface area contributed by atoms with Gasteiger partial charge in [0.25, 0.3) is 0 Å². The summed E-state index contributed by atoms with van der Waals surface area (Å²) >= 11 is 0. The van der Waals surface area contributed by atoms with Gasteiger partial charge in [-0.25, -0.2) is 4.98 Å². The summed E-state index contributed by atoms with van der Waals surface area (Å²) in [5.41, 5.74) is 0.447. The minimum absolute atomic E-state index is 0. The van der Waals surface area contributed by atoms with Gasteiger partial charge in [0, 0.05) is 25.0 Å². The zero-order valence-electron chi connectivity index (χ0n) is 10.5. The van der Waals surface area contributed by atoms with Crippen molar-refractivity contribution in [1.82, 2.24) is 20.2 Å². The van der Waals surface area contributed by atoms with E-state index in [1.165, 1.54) is 12.6 Å². The average Bonchev–Trinajstić information content (AvgIpc) is 2.40. The molecule has 1 aliphatic rings. The summed E-state index contributed by atoms with van der Waals surface area (Å²) in [7, 11) is 1.99. The molecule has 0 unspecified atom stereocenters. The number of halogens is 1. The van der Waals surface area contributed by atoms with Crippen molar-refractivity contribution in [2.45, 2.75) is 18.9 Å². The molecule has 1 aromatic heterocycles. The number of likely N-dealkylation sites (N-methyl/N-ethyl adjacent to an activating group) is 1. The Kier molecular flexibility index (Phi) is 6.18. The molecule has 1 saturated heterocycles. The molecule has 2 heterocycles. The van der Waals surface area contributed by atoms with E-state index in [4.69, 9.17) is 0 Å². The van der Waals surface area contributed by atoms with Crippen LogP contribution in [0.25, 0.3) is 0 Å². The van der Waals surface area contributed by atoms with Crippen LogP contribution in [0.15, 0.2) is 18.6 Å². The van der Waals surface area contributed by atoms with E-state index in [1.54, 1.807) is 12.4 Å². The number of piperidine rings is 1. The molecule has 18 heavy (non-hydrogen) atoms. The van der Waals surface area contributed by atoms with Gasteiger partial charge in [0.2, 0.25) is 0 Å². The molecule has 0 aliphatic carbocycles. The maximum atomic E-state index is 11.9. The lowest BCUT2D eigenvalue weighted by Gasteiger charge is -2.30. The molecule has 6 heteroatoms. The van der Waals surface area contributed by atoms with Crippen molar-refractivity contribution in [1.29, 1.82) is 0 Å². The van der Waals surface area contributed by atoms with Gasteiger partial charge in [0.15, 0.2) is 5.78 Å². The van der Waals surface area contributed by atoms with E-state index in [0.29, 0.717) is 18.3 Å². The summed E-state index contributed by atoms with van der Waals surface area (Å²) in [6.07, 6.45) is 6.97. The standard InChI is InChI=1S/C12H18N4O.ClH/c1-16(10-3-2-4-13-7-10)9-12(17)11-8-14-5-6-15-11;/h5-6,8,10,13H,2-4,7,9H2,1H3;1H/t10-;/m1./s1. The molecular formula is C12H19ClN4O. The first-order valence-corrected chi connectivity index (χ1v) is 5.97. The summed E-state index contributed by atoms with van der Waals surface area (Å²) in [4.78, 5) is 22.0. The third-order valence-corrected chi connectivity index (χ3v) is 3.14. The van der Waals surface area contributed by atoms with Crippen LogP contribution < -0.4 is 5.32 Å². The molecule has 100 valence electrons. The molecule has 0 saturated carbocycles. The van der Waals surface area contributed by atoms with Crippen LogP contribution in [-0.4, -0.2) is 53.4 Å². The van der Waals surface area contributed by atoms with Crippen molar-refractivity contribution < 1.29 is 4.79 Å². The monoisotopic (exact) mass is 270 g/mol. The molecule has 5 nitrogen and oxygen atoms in total. The van der Waals surface area contributed by atoms with Gasteiger partial charge in [0.05, 0.1) is 12.7 Å². The SMILES string of the molecule is CN(CC(=O)c1cnccn1)[C@@H]1CCCNC1.Cl. The molecule has 1 fully saturated rings. The minimum atomic E-state index is 0. The third-order valence-electron chi connectivity index (χ3n) is 3.14. The summed E-state index contributed by atoms with van der Waals surface area (Å²) in [6, 6.07) is 0.448. The molecule has 0 radical (unpaired) electrons. The molecule has 1 aromatic rings. The van der Waals surface area contributed by atoms with E-state index in [9.17, 15) is 4.79 Å². The molecular weight excluding hydrogens is 252 g/mol. The lowest BCUT2D eigenvalue weighted by atomic mass is 10.1. The molecule has 1 N–H and O–H groups in total. The zero-order chi connectivity index (χ0) is 12.1. The predicted octanol–water partition coefficient (Wildman–Crippen LogP) is 0.765. The molecule has 2 rings (SSSR count). The third kappa shape index (κ3) is 4.01. The Morgan fingerprint density at radius 1 is 1.56 bits per heavy atom. The number of nitrogens with one attached hydrogen (secondary N) is 1. The number of hydrogen-bond acceptors (Lipinski definition) is 5. The lowest BCUT2D eigenvalue weighted by Crippen LogP contribution is -2.45. The van der Waals surface area contributed by atoms with E-state index in [1.807, 2.05) is 7.05 Å². The van der Waals surface area contributed by atoms with Gasteiger partial charge in [-0.15, -0.1) is 12.4 Å². The first-order valence-electron chi connectivity index (χ1n) is 5.97. The van der Waals surface area contributed by atoms with Gasteiger partial charge in [-0.3, -0.25) is 14.7 Å². The molecule has 0 amide bonds. The Labute approximate surface area is 113 Å². The second-order valence-electron chi connectivity index (χ2n) is 4.43. The molecule has 0 bridgehead atoms. The van der Waals surface area contributed by atoms with Gasteiger partial charge >= 0.3 is 0 Å². The number of hydrogen-bond donors (Lipinski definition) is 1. The van der Waals surface area contributed by atoms with Crippen molar-refractivity contribution >= 4 is 18.2 Å². The number of Topliss-reactive ketones (excluding diaryl/α,β-unsaturated/α-hetero) is 1. The van der Waals surface area contributed by atoms with Gasteiger partial charge in [-0.05, 0) is 26.4 Å². The quantitative estimate of drug-likeness (QED) is 0.819. The maximum absolute atomic E-state index is 11.9.